The summed E-state index contributed by atoms with van der Waals surface area (Å²) < 4.78 is 20.0. The van der Waals surface area contributed by atoms with Crippen LogP contribution in [0.3, 0.4) is 0 Å². The number of nitrogens with zero attached hydrogens (tertiary/aromatic N) is 1. The number of fused-ring (bicyclic) bond motifs is 1. The molecule has 4 rings (SSSR count). The van der Waals surface area contributed by atoms with Crippen LogP contribution in [-0.2, 0) is 13.0 Å². The van der Waals surface area contributed by atoms with Gasteiger partial charge in [-0.3, -0.25) is 4.79 Å². The summed E-state index contributed by atoms with van der Waals surface area (Å²) in [6.07, 6.45) is 1.72. The lowest BCUT2D eigenvalue weighted by atomic mass is 10.0. The lowest BCUT2D eigenvalue weighted by Crippen LogP contribution is -2.08. The van der Waals surface area contributed by atoms with Crippen molar-refractivity contribution < 1.29 is 13.6 Å². The van der Waals surface area contributed by atoms with Gasteiger partial charge in [-0.2, -0.15) is 0 Å². The van der Waals surface area contributed by atoms with Crippen molar-refractivity contribution >= 4 is 28.3 Å². The monoisotopic (exact) mass is 389 g/mol. The van der Waals surface area contributed by atoms with Crippen molar-refractivity contribution in [2.24, 2.45) is 0 Å². The summed E-state index contributed by atoms with van der Waals surface area (Å²) in [6, 6.07) is 15.7. The second-order valence-corrected chi connectivity index (χ2v) is 6.87. The van der Waals surface area contributed by atoms with Crippen molar-refractivity contribution in [3.05, 3.63) is 89.1 Å². The number of hydrogen-bond donors (Lipinski definition) is 2. The fourth-order valence-electron chi connectivity index (χ4n) is 3.34. The van der Waals surface area contributed by atoms with E-state index < -0.39 is 0 Å². The zero-order valence-electron chi connectivity index (χ0n) is 15.9. The average Bonchev–Trinajstić information content (AvgIpc) is 3.06. The molecule has 4 aromatic rings. The van der Waals surface area contributed by atoms with E-state index in [1.54, 1.807) is 30.5 Å². The summed E-state index contributed by atoms with van der Waals surface area (Å²) in [7, 11) is 0. The molecule has 0 amide bonds. The number of aryl methyl sites for hydroxylation is 1. The second-order valence-electron chi connectivity index (χ2n) is 6.87. The van der Waals surface area contributed by atoms with E-state index in [0.717, 1.165) is 10.9 Å². The van der Waals surface area contributed by atoms with Crippen molar-refractivity contribution in [3.63, 3.8) is 0 Å². The largest absolute Gasteiger partial charge is 0.453 e. The number of nitrogen functional groups attached to an aromatic ring is 1. The van der Waals surface area contributed by atoms with Gasteiger partial charge in [0.15, 0.2) is 5.76 Å². The summed E-state index contributed by atoms with van der Waals surface area (Å²) in [4.78, 5) is 16.8. The third kappa shape index (κ3) is 3.82. The van der Waals surface area contributed by atoms with E-state index in [-0.39, 0.29) is 24.6 Å². The molecule has 6 heteroatoms. The number of anilines is 2. The Morgan fingerprint density at radius 3 is 2.79 bits per heavy atom. The molecule has 0 aliphatic heterocycles. The molecule has 0 radical (unpaired) electrons. The Morgan fingerprint density at radius 2 is 2.00 bits per heavy atom. The Bertz CT molecular complexity index is 1200. The van der Waals surface area contributed by atoms with Crippen LogP contribution in [0.4, 0.5) is 15.9 Å². The Morgan fingerprint density at radius 1 is 1.17 bits per heavy atom. The summed E-state index contributed by atoms with van der Waals surface area (Å²) in [5.41, 5.74) is 9.10. The van der Waals surface area contributed by atoms with E-state index in [2.05, 4.69) is 10.3 Å². The van der Waals surface area contributed by atoms with Gasteiger partial charge in [-0.25, -0.2) is 9.37 Å². The molecule has 0 atom stereocenters. The Kier molecular flexibility index (Phi) is 4.99. The minimum atomic E-state index is -0.351. The van der Waals surface area contributed by atoms with Crippen LogP contribution in [0.2, 0.25) is 0 Å². The van der Waals surface area contributed by atoms with E-state index in [1.807, 2.05) is 31.2 Å². The zero-order valence-corrected chi connectivity index (χ0v) is 15.9. The first-order valence-electron chi connectivity index (χ1n) is 9.26. The Balaban J connectivity index is 1.53. The second kappa shape index (κ2) is 7.75. The smallest absolute Gasteiger partial charge is 0.202 e. The van der Waals surface area contributed by atoms with Crippen LogP contribution in [0.1, 0.15) is 27.2 Å². The van der Waals surface area contributed by atoms with E-state index >= 15 is 0 Å². The van der Waals surface area contributed by atoms with Crippen LogP contribution >= 0.6 is 0 Å². The highest BCUT2D eigenvalue weighted by Crippen LogP contribution is 2.26. The fourth-order valence-corrected chi connectivity index (χ4v) is 3.34. The predicted molar refractivity (Wildman–Crippen MR) is 111 cm³/mol. The van der Waals surface area contributed by atoms with Gasteiger partial charge in [0.1, 0.15) is 17.2 Å². The minimum absolute atomic E-state index is 0.128. The highest BCUT2D eigenvalue weighted by molar-refractivity contribution is 6.01. The van der Waals surface area contributed by atoms with E-state index in [1.165, 1.54) is 6.07 Å². The van der Waals surface area contributed by atoms with Crippen LogP contribution < -0.4 is 11.1 Å². The maximum Gasteiger partial charge on any atom is 0.202 e. The standard InChI is InChI=1S/C23H20FN3O2/c1-14-17-5-2-3-7-21(17)29-22(14)20(28)12-15-8-9-18(24)16(11-15)13-27-19-6-4-10-26-23(19)25/h2-11,27H,12-13H2,1H3,(H2,25,26). The first-order chi connectivity index (χ1) is 14.0. The number of nitrogens with one attached hydrogen (secondary N) is 1. The SMILES string of the molecule is Cc1c(C(=O)Cc2ccc(F)c(CNc3cccnc3N)c2)oc2ccccc12. The number of para-hydroxylation sites is 1. The molecule has 2 aromatic heterocycles. The van der Waals surface area contributed by atoms with Crippen molar-refractivity contribution in [2.75, 3.05) is 11.1 Å². The number of pyridine rings is 1. The summed E-state index contributed by atoms with van der Waals surface area (Å²) >= 11 is 0. The molecule has 29 heavy (non-hydrogen) atoms. The molecular weight excluding hydrogens is 369 g/mol. The van der Waals surface area contributed by atoms with Gasteiger partial charge >= 0.3 is 0 Å². The number of carbonyl (C=O) groups excluding carboxylic acids is 1. The first-order valence-corrected chi connectivity index (χ1v) is 9.26. The maximum atomic E-state index is 14.2. The molecule has 0 aliphatic rings. The maximum absolute atomic E-state index is 14.2. The van der Waals surface area contributed by atoms with Crippen molar-refractivity contribution in [2.45, 2.75) is 19.9 Å². The molecule has 0 saturated heterocycles. The van der Waals surface area contributed by atoms with Gasteiger partial charge in [-0.05, 0) is 36.8 Å². The number of ketones is 1. The lowest BCUT2D eigenvalue weighted by molar-refractivity contribution is 0.0967. The number of Topliss-reactive ketones (excluding diaryl/α,β-unsaturated/α-hetero) is 1. The summed E-state index contributed by atoms with van der Waals surface area (Å²) in [5.74, 6) is 0.203. The van der Waals surface area contributed by atoms with Crippen LogP contribution in [0.15, 0.2) is 65.2 Å². The molecule has 0 unspecified atom stereocenters. The van der Waals surface area contributed by atoms with Gasteiger partial charge in [-0.15, -0.1) is 0 Å². The molecule has 0 bridgehead atoms. The number of benzene rings is 2. The van der Waals surface area contributed by atoms with Gasteiger partial charge in [0.05, 0.1) is 5.69 Å². The van der Waals surface area contributed by atoms with Crippen molar-refractivity contribution in [1.82, 2.24) is 4.98 Å². The van der Waals surface area contributed by atoms with Crippen LogP contribution in [0, 0.1) is 12.7 Å². The first kappa shape index (κ1) is 18.7. The molecule has 0 spiro atoms. The fraction of sp³-hybridized carbons (Fsp3) is 0.130. The number of carbonyl (C=O) groups is 1. The van der Waals surface area contributed by atoms with Crippen LogP contribution in [-0.4, -0.2) is 10.8 Å². The molecule has 0 saturated carbocycles. The summed E-state index contributed by atoms with van der Waals surface area (Å²) in [6.45, 7) is 2.10. The molecule has 0 aliphatic carbocycles. The minimum Gasteiger partial charge on any atom is -0.453 e. The van der Waals surface area contributed by atoms with Crippen molar-refractivity contribution in [3.8, 4) is 0 Å². The van der Waals surface area contributed by atoms with E-state index in [0.29, 0.717) is 34.0 Å². The van der Waals surface area contributed by atoms with Gasteiger partial charge in [0.2, 0.25) is 5.78 Å². The highest BCUT2D eigenvalue weighted by Gasteiger charge is 2.18. The van der Waals surface area contributed by atoms with Gasteiger partial charge in [-0.1, -0.05) is 30.3 Å². The molecule has 0 fully saturated rings. The average molecular weight is 389 g/mol. The van der Waals surface area contributed by atoms with Crippen molar-refractivity contribution in [1.29, 1.82) is 0 Å². The molecule has 3 N–H and O–H groups in total. The van der Waals surface area contributed by atoms with E-state index in [4.69, 9.17) is 10.2 Å². The number of hydrogen-bond acceptors (Lipinski definition) is 5. The van der Waals surface area contributed by atoms with Gasteiger partial charge < -0.3 is 15.5 Å². The zero-order chi connectivity index (χ0) is 20.4. The molecule has 2 heterocycles. The van der Waals surface area contributed by atoms with Gasteiger partial charge in [0.25, 0.3) is 0 Å². The lowest BCUT2D eigenvalue weighted by Gasteiger charge is -2.10. The quantitative estimate of drug-likeness (QED) is 0.459. The number of rotatable bonds is 6. The number of aromatic nitrogens is 1. The number of nitrogens with two attached hydrogens (primary N) is 1. The third-order valence-corrected chi connectivity index (χ3v) is 4.88. The normalized spacial score (nSPS) is 11.0. The highest BCUT2D eigenvalue weighted by atomic mass is 19.1. The van der Waals surface area contributed by atoms with Crippen LogP contribution in [0.5, 0.6) is 0 Å². The molecular formula is C23H20FN3O2. The van der Waals surface area contributed by atoms with Gasteiger partial charge in [0, 0.05) is 35.7 Å². The molecule has 5 nitrogen and oxygen atoms in total. The van der Waals surface area contributed by atoms with E-state index in [9.17, 15) is 9.18 Å². The Labute approximate surface area is 167 Å². The Hall–Kier alpha value is -3.67. The third-order valence-electron chi connectivity index (χ3n) is 4.88. The predicted octanol–water partition coefficient (Wildman–Crippen LogP) is 4.90. The number of halogens is 1. The molecule has 146 valence electrons. The molecule has 2 aromatic carbocycles. The topological polar surface area (TPSA) is 81.2 Å². The number of furan rings is 1. The summed E-state index contributed by atoms with van der Waals surface area (Å²) in [5, 5.41) is 4.00. The van der Waals surface area contributed by atoms with Crippen LogP contribution in [0.25, 0.3) is 11.0 Å².